The minimum absolute atomic E-state index is 0.0103. The van der Waals surface area contributed by atoms with Crippen molar-refractivity contribution >= 4 is 34.3 Å². The van der Waals surface area contributed by atoms with Gasteiger partial charge in [0.05, 0.1) is 17.8 Å². The zero-order chi connectivity index (χ0) is 15.0. The molecule has 0 unspecified atom stereocenters. The third-order valence-electron chi connectivity index (χ3n) is 3.54. The number of carbonyl (C=O) groups excluding carboxylic acids is 1. The van der Waals surface area contributed by atoms with Gasteiger partial charge in [0.1, 0.15) is 0 Å². The number of nitrogens with one attached hydrogen (secondary N) is 2. The molecule has 108 valence electrons. The zero-order valence-electron chi connectivity index (χ0n) is 12.1. The van der Waals surface area contributed by atoms with Gasteiger partial charge in [0.2, 0.25) is 5.91 Å². The molecule has 0 fully saturated rings. The number of hydrogen-bond acceptors (Lipinski definition) is 4. The standard InChI is InChI=1S/C16H18N4O/c1-20(2)12-5-3-4-11(8-12)18-15-9-14-10(6-13(15)17)7-16(21)19-14/h3-6,8-9,18H,7,17H2,1-2H3,(H,19,21). The molecule has 2 aromatic carbocycles. The second kappa shape index (κ2) is 5.01. The quantitative estimate of drug-likeness (QED) is 0.757. The summed E-state index contributed by atoms with van der Waals surface area (Å²) in [6.07, 6.45) is 0.399. The summed E-state index contributed by atoms with van der Waals surface area (Å²) in [4.78, 5) is 13.5. The van der Waals surface area contributed by atoms with Crippen LogP contribution in [0.4, 0.5) is 28.4 Å². The number of fused-ring (bicyclic) bond motifs is 1. The first-order chi connectivity index (χ1) is 10.0. The third-order valence-corrected chi connectivity index (χ3v) is 3.54. The Morgan fingerprint density at radius 3 is 2.81 bits per heavy atom. The number of rotatable bonds is 3. The number of nitrogens with two attached hydrogens (primary N) is 1. The summed E-state index contributed by atoms with van der Waals surface area (Å²) in [5.74, 6) is 0.0103. The molecule has 5 heteroatoms. The van der Waals surface area contributed by atoms with Crippen LogP contribution in [0.1, 0.15) is 5.56 Å². The van der Waals surface area contributed by atoms with Crippen LogP contribution in [-0.2, 0) is 11.2 Å². The fourth-order valence-electron chi connectivity index (χ4n) is 2.42. The molecule has 0 saturated carbocycles. The van der Waals surface area contributed by atoms with Gasteiger partial charge in [0, 0.05) is 31.2 Å². The SMILES string of the molecule is CN(C)c1cccc(Nc2cc3c(cc2N)CC(=O)N3)c1. The maximum atomic E-state index is 11.4. The molecule has 1 amide bonds. The molecular weight excluding hydrogens is 264 g/mol. The molecule has 5 nitrogen and oxygen atoms in total. The molecule has 0 spiro atoms. The van der Waals surface area contributed by atoms with Crippen LogP contribution >= 0.6 is 0 Å². The van der Waals surface area contributed by atoms with Crippen molar-refractivity contribution in [3.8, 4) is 0 Å². The summed E-state index contributed by atoms with van der Waals surface area (Å²) < 4.78 is 0. The maximum absolute atomic E-state index is 11.4. The molecule has 3 rings (SSSR count). The van der Waals surface area contributed by atoms with E-state index >= 15 is 0 Å². The highest BCUT2D eigenvalue weighted by atomic mass is 16.1. The van der Waals surface area contributed by atoms with E-state index < -0.39 is 0 Å². The van der Waals surface area contributed by atoms with Crippen molar-refractivity contribution in [2.45, 2.75) is 6.42 Å². The molecule has 0 aliphatic carbocycles. The Hall–Kier alpha value is -2.69. The van der Waals surface area contributed by atoms with Crippen molar-refractivity contribution in [2.24, 2.45) is 0 Å². The lowest BCUT2D eigenvalue weighted by Gasteiger charge is -2.16. The van der Waals surface area contributed by atoms with Crippen LogP contribution in [0.3, 0.4) is 0 Å². The first-order valence-corrected chi connectivity index (χ1v) is 6.79. The van der Waals surface area contributed by atoms with E-state index in [0.717, 1.165) is 28.3 Å². The summed E-state index contributed by atoms with van der Waals surface area (Å²) in [6.45, 7) is 0. The Balaban J connectivity index is 1.90. The number of anilines is 5. The minimum atomic E-state index is 0.0103. The Labute approximate surface area is 123 Å². The lowest BCUT2D eigenvalue weighted by Crippen LogP contribution is -2.08. The second-order valence-electron chi connectivity index (χ2n) is 5.39. The molecule has 2 aromatic rings. The number of amides is 1. The summed E-state index contributed by atoms with van der Waals surface area (Å²) in [5.41, 5.74) is 11.4. The average molecular weight is 282 g/mol. The van der Waals surface area contributed by atoms with Gasteiger partial charge in [-0.25, -0.2) is 0 Å². The van der Waals surface area contributed by atoms with Gasteiger partial charge in [-0.2, -0.15) is 0 Å². The molecular formula is C16H18N4O. The normalized spacial score (nSPS) is 12.8. The van der Waals surface area contributed by atoms with Crippen molar-refractivity contribution in [3.63, 3.8) is 0 Å². The number of nitrogens with zero attached hydrogens (tertiary/aromatic N) is 1. The average Bonchev–Trinajstić information content (AvgIpc) is 2.78. The van der Waals surface area contributed by atoms with Crippen LogP contribution in [0.25, 0.3) is 0 Å². The molecule has 0 atom stereocenters. The monoisotopic (exact) mass is 282 g/mol. The molecule has 0 bridgehead atoms. The molecule has 0 radical (unpaired) electrons. The van der Waals surface area contributed by atoms with E-state index in [-0.39, 0.29) is 5.91 Å². The number of nitrogen functional groups attached to an aromatic ring is 1. The maximum Gasteiger partial charge on any atom is 0.228 e. The Morgan fingerprint density at radius 2 is 2.05 bits per heavy atom. The van der Waals surface area contributed by atoms with E-state index in [4.69, 9.17) is 5.73 Å². The van der Waals surface area contributed by atoms with Crippen LogP contribution in [0, 0.1) is 0 Å². The van der Waals surface area contributed by atoms with Crippen LogP contribution in [0.5, 0.6) is 0 Å². The fraction of sp³-hybridized carbons (Fsp3) is 0.188. The van der Waals surface area contributed by atoms with Crippen molar-refractivity contribution in [1.29, 1.82) is 0 Å². The highest BCUT2D eigenvalue weighted by molar-refractivity contribution is 6.01. The molecule has 0 saturated heterocycles. The largest absolute Gasteiger partial charge is 0.397 e. The highest BCUT2D eigenvalue weighted by Gasteiger charge is 2.19. The van der Waals surface area contributed by atoms with Gasteiger partial charge in [0.15, 0.2) is 0 Å². The first-order valence-electron chi connectivity index (χ1n) is 6.79. The van der Waals surface area contributed by atoms with Crippen molar-refractivity contribution in [3.05, 3.63) is 42.0 Å². The summed E-state index contributed by atoms with van der Waals surface area (Å²) in [6, 6.07) is 11.8. The molecule has 1 aliphatic rings. The van der Waals surface area contributed by atoms with E-state index in [1.54, 1.807) is 0 Å². The van der Waals surface area contributed by atoms with Gasteiger partial charge in [-0.05, 0) is 35.9 Å². The van der Waals surface area contributed by atoms with Crippen molar-refractivity contribution in [2.75, 3.05) is 35.4 Å². The lowest BCUT2D eigenvalue weighted by atomic mass is 10.1. The number of hydrogen-bond donors (Lipinski definition) is 3. The van der Waals surface area contributed by atoms with Crippen LogP contribution in [-0.4, -0.2) is 20.0 Å². The van der Waals surface area contributed by atoms with Gasteiger partial charge >= 0.3 is 0 Å². The topological polar surface area (TPSA) is 70.4 Å². The predicted molar refractivity (Wildman–Crippen MR) is 87.2 cm³/mol. The molecule has 1 heterocycles. The van der Waals surface area contributed by atoms with Crippen molar-refractivity contribution < 1.29 is 4.79 Å². The summed E-state index contributed by atoms with van der Waals surface area (Å²) in [7, 11) is 4.00. The van der Waals surface area contributed by atoms with E-state index in [1.807, 2.05) is 55.4 Å². The molecule has 21 heavy (non-hydrogen) atoms. The molecule has 1 aliphatic heterocycles. The van der Waals surface area contributed by atoms with Gasteiger partial charge in [0.25, 0.3) is 0 Å². The van der Waals surface area contributed by atoms with E-state index in [2.05, 4.69) is 10.6 Å². The zero-order valence-corrected chi connectivity index (χ0v) is 12.1. The molecule has 4 N–H and O–H groups in total. The highest BCUT2D eigenvalue weighted by Crippen LogP contribution is 2.33. The molecule has 0 aromatic heterocycles. The number of benzene rings is 2. The van der Waals surface area contributed by atoms with Gasteiger partial charge < -0.3 is 21.3 Å². The van der Waals surface area contributed by atoms with Gasteiger partial charge in [-0.1, -0.05) is 6.07 Å². The lowest BCUT2D eigenvalue weighted by molar-refractivity contribution is -0.115. The first kappa shape index (κ1) is 13.3. The fourth-order valence-corrected chi connectivity index (χ4v) is 2.42. The van der Waals surface area contributed by atoms with E-state index in [1.165, 1.54) is 0 Å². The van der Waals surface area contributed by atoms with Crippen molar-refractivity contribution in [1.82, 2.24) is 0 Å². The predicted octanol–water partition coefficient (Wildman–Crippen LogP) is 2.57. The minimum Gasteiger partial charge on any atom is -0.397 e. The Kier molecular flexibility index (Phi) is 3.17. The Morgan fingerprint density at radius 1 is 1.24 bits per heavy atom. The van der Waals surface area contributed by atoms with Crippen LogP contribution in [0.15, 0.2) is 36.4 Å². The van der Waals surface area contributed by atoms with Crippen LogP contribution < -0.4 is 21.3 Å². The van der Waals surface area contributed by atoms with Gasteiger partial charge in [-0.3, -0.25) is 4.79 Å². The van der Waals surface area contributed by atoms with Crippen LogP contribution in [0.2, 0.25) is 0 Å². The Bertz CT molecular complexity index is 709. The van der Waals surface area contributed by atoms with Gasteiger partial charge in [-0.15, -0.1) is 0 Å². The second-order valence-corrected chi connectivity index (χ2v) is 5.39. The van der Waals surface area contributed by atoms with E-state index in [9.17, 15) is 4.79 Å². The third kappa shape index (κ3) is 2.63. The summed E-state index contributed by atoms with van der Waals surface area (Å²) >= 11 is 0. The number of carbonyl (C=O) groups is 1. The smallest absolute Gasteiger partial charge is 0.228 e. The van der Waals surface area contributed by atoms with E-state index in [0.29, 0.717) is 12.1 Å². The summed E-state index contributed by atoms with van der Waals surface area (Å²) in [5, 5.41) is 6.15.